The van der Waals surface area contributed by atoms with Crippen LogP contribution < -0.4 is 4.74 Å². The van der Waals surface area contributed by atoms with Gasteiger partial charge in [-0.1, -0.05) is 29.8 Å². The number of halogens is 1. The second kappa shape index (κ2) is 6.16. The third kappa shape index (κ3) is 4.70. The van der Waals surface area contributed by atoms with Crippen LogP contribution in [-0.2, 0) is 0 Å². The fourth-order valence-corrected chi connectivity index (χ4v) is 1.92. The van der Waals surface area contributed by atoms with Crippen LogP contribution in [0.2, 0.25) is 0 Å². The van der Waals surface area contributed by atoms with Crippen LogP contribution >= 0.6 is 15.9 Å². The van der Waals surface area contributed by atoms with Gasteiger partial charge in [-0.2, -0.15) is 0 Å². The summed E-state index contributed by atoms with van der Waals surface area (Å²) in [5.74, 6) is 1.77. The maximum absolute atomic E-state index is 5.72. The molecule has 1 rings (SSSR count). The van der Waals surface area contributed by atoms with Gasteiger partial charge in [0.25, 0.3) is 0 Å². The topological polar surface area (TPSA) is 9.23 Å². The minimum Gasteiger partial charge on any atom is -0.493 e. The monoisotopic (exact) mass is 270 g/mol. The zero-order chi connectivity index (χ0) is 11.3. The van der Waals surface area contributed by atoms with E-state index in [0.29, 0.717) is 0 Å². The molecule has 0 radical (unpaired) electrons. The SMILES string of the molecule is Cc1cc(Br)ccc1OCCCC(C)C. The number of hydrogen-bond acceptors (Lipinski definition) is 1. The Morgan fingerprint density at radius 2 is 2.07 bits per heavy atom. The largest absolute Gasteiger partial charge is 0.493 e. The highest BCUT2D eigenvalue weighted by Crippen LogP contribution is 2.22. The van der Waals surface area contributed by atoms with Crippen molar-refractivity contribution in [2.45, 2.75) is 33.6 Å². The Morgan fingerprint density at radius 1 is 1.33 bits per heavy atom. The van der Waals surface area contributed by atoms with Crippen LogP contribution in [0.3, 0.4) is 0 Å². The highest BCUT2D eigenvalue weighted by Gasteiger charge is 2.00. The normalized spacial score (nSPS) is 10.7. The van der Waals surface area contributed by atoms with Crippen molar-refractivity contribution >= 4 is 15.9 Å². The van der Waals surface area contributed by atoms with Gasteiger partial charge in [0.15, 0.2) is 0 Å². The van der Waals surface area contributed by atoms with E-state index in [1.165, 1.54) is 12.0 Å². The van der Waals surface area contributed by atoms with E-state index in [1.807, 2.05) is 12.1 Å². The summed E-state index contributed by atoms with van der Waals surface area (Å²) in [6, 6.07) is 6.12. The molecule has 0 aromatic heterocycles. The van der Waals surface area contributed by atoms with E-state index < -0.39 is 0 Å². The minimum atomic E-state index is 0.764. The first-order chi connectivity index (χ1) is 7.09. The zero-order valence-corrected chi connectivity index (χ0v) is 11.3. The fourth-order valence-electron chi connectivity index (χ4n) is 1.45. The number of benzene rings is 1. The van der Waals surface area contributed by atoms with Crippen LogP contribution in [0.15, 0.2) is 22.7 Å². The summed E-state index contributed by atoms with van der Waals surface area (Å²) < 4.78 is 6.83. The molecule has 0 saturated heterocycles. The van der Waals surface area contributed by atoms with Gasteiger partial charge in [0, 0.05) is 4.47 Å². The lowest BCUT2D eigenvalue weighted by molar-refractivity contribution is 0.296. The minimum absolute atomic E-state index is 0.764. The molecule has 1 nitrogen and oxygen atoms in total. The molecule has 0 saturated carbocycles. The van der Waals surface area contributed by atoms with E-state index in [2.05, 4.69) is 42.8 Å². The summed E-state index contributed by atoms with van der Waals surface area (Å²) in [4.78, 5) is 0. The first kappa shape index (κ1) is 12.6. The highest BCUT2D eigenvalue weighted by atomic mass is 79.9. The lowest BCUT2D eigenvalue weighted by Gasteiger charge is -2.10. The van der Waals surface area contributed by atoms with Gasteiger partial charge < -0.3 is 4.74 Å². The molecule has 0 heterocycles. The quantitative estimate of drug-likeness (QED) is 0.713. The van der Waals surface area contributed by atoms with Crippen molar-refractivity contribution in [1.29, 1.82) is 0 Å². The van der Waals surface area contributed by atoms with Crippen molar-refractivity contribution in [3.8, 4) is 5.75 Å². The van der Waals surface area contributed by atoms with Crippen LogP contribution in [-0.4, -0.2) is 6.61 Å². The molecule has 2 heteroatoms. The zero-order valence-electron chi connectivity index (χ0n) is 9.72. The summed E-state index contributed by atoms with van der Waals surface area (Å²) in [5.41, 5.74) is 1.19. The lowest BCUT2D eigenvalue weighted by Crippen LogP contribution is -2.00. The van der Waals surface area contributed by atoms with Crippen LogP contribution in [0.1, 0.15) is 32.3 Å². The Bertz CT molecular complexity index is 307. The molecule has 0 aliphatic rings. The van der Waals surface area contributed by atoms with E-state index in [-0.39, 0.29) is 0 Å². The summed E-state index contributed by atoms with van der Waals surface area (Å²) in [6.07, 6.45) is 2.36. The molecule has 1 aromatic rings. The molecular weight excluding hydrogens is 252 g/mol. The Labute approximate surface area is 101 Å². The molecule has 0 N–H and O–H groups in total. The summed E-state index contributed by atoms with van der Waals surface area (Å²) >= 11 is 3.44. The van der Waals surface area contributed by atoms with E-state index in [4.69, 9.17) is 4.74 Å². The van der Waals surface area contributed by atoms with E-state index in [9.17, 15) is 0 Å². The number of hydrogen-bond donors (Lipinski definition) is 0. The van der Waals surface area contributed by atoms with Gasteiger partial charge in [0.1, 0.15) is 5.75 Å². The third-order valence-electron chi connectivity index (χ3n) is 2.32. The van der Waals surface area contributed by atoms with Crippen molar-refractivity contribution in [2.75, 3.05) is 6.61 Å². The second-order valence-electron chi connectivity index (χ2n) is 4.29. The standard InChI is InChI=1S/C13H19BrO/c1-10(2)5-4-8-15-13-7-6-12(14)9-11(13)3/h6-7,9-10H,4-5,8H2,1-3H3. The van der Waals surface area contributed by atoms with Crippen molar-refractivity contribution in [3.63, 3.8) is 0 Å². The predicted molar refractivity (Wildman–Crippen MR) is 68.4 cm³/mol. The van der Waals surface area contributed by atoms with Crippen molar-refractivity contribution in [2.24, 2.45) is 5.92 Å². The van der Waals surface area contributed by atoms with Gasteiger partial charge in [-0.3, -0.25) is 0 Å². The van der Waals surface area contributed by atoms with Crippen molar-refractivity contribution in [1.82, 2.24) is 0 Å². The molecule has 0 amide bonds. The maximum Gasteiger partial charge on any atom is 0.122 e. The van der Waals surface area contributed by atoms with E-state index >= 15 is 0 Å². The smallest absolute Gasteiger partial charge is 0.122 e. The van der Waals surface area contributed by atoms with Gasteiger partial charge >= 0.3 is 0 Å². The lowest BCUT2D eigenvalue weighted by atomic mass is 10.1. The first-order valence-corrected chi connectivity index (χ1v) is 6.28. The van der Waals surface area contributed by atoms with Crippen molar-refractivity contribution in [3.05, 3.63) is 28.2 Å². The molecule has 0 unspecified atom stereocenters. The van der Waals surface area contributed by atoms with Gasteiger partial charge in [-0.25, -0.2) is 0 Å². The molecular formula is C13H19BrO. The Morgan fingerprint density at radius 3 is 2.67 bits per heavy atom. The average molecular weight is 271 g/mol. The highest BCUT2D eigenvalue weighted by molar-refractivity contribution is 9.10. The molecule has 84 valence electrons. The molecule has 0 atom stereocenters. The number of ether oxygens (including phenoxy) is 1. The van der Waals surface area contributed by atoms with Gasteiger partial charge in [0.2, 0.25) is 0 Å². The second-order valence-corrected chi connectivity index (χ2v) is 5.21. The van der Waals surface area contributed by atoms with Crippen LogP contribution in [0, 0.1) is 12.8 Å². The van der Waals surface area contributed by atoms with Crippen LogP contribution in [0.25, 0.3) is 0 Å². The van der Waals surface area contributed by atoms with Gasteiger partial charge in [-0.05, 0) is 49.4 Å². The summed E-state index contributed by atoms with van der Waals surface area (Å²) in [7, 11) is 0. The summed E-state index contributed by atoms with van der Waals surface area (Å²) in [5, 5.41) is 0. The van der Waals surface area contributed by atoms with E-state index in [0.717, 1.165) is 29.2 Å². The molecule has 0 aliphatic heterocycles. The van der Waals surface area contributed by atoms with Gasteiger partial charge in [-0.15, -0.1) is 0 Å². The van der Waals surface area contributed by atoms with Crippen LogP contribution in [0.5, 0.6) is 5.75 Å². The molecule has 15 heavy (non-hydrogen) atoms. The fraction of sp³-hybridized carbons (Fsp3) is 0.538. The average Bonchev–Trinajstić information content (AvgIpc) is 2.14. The van der Waals surface area contributed by atoms with Crippen LogP contribution in [0.4, 0.5) is 0 Å². The third-order valence-corrected chi connectivity index (χ3v) is 2.81. The Hall–Kier alpha value is -0.500. The number of rotatable bonds is 5. The maximum atomic E-state index is 5.72. The molecule has 1 aromatic carbocycles. The summed E-state index contributed by atoms with van der Waals surface area (Å²) in [6.45, 7) is 7.37. The van der Waals surface area contributed by atoms with E-state index in [1.54, 1.807) is 0 Å². The van der Waals surface area contributed by atoms with Gasteiger partial charge in [0.05, 0.1) is 6.61 Å². The van der Waals surface area contributed by atoms with Crippen molar-refractivity contribution < 1.29 is 4.74 Å². The molecule has 0 spiro atoms. The predicted octanol–water partition coefficient (Wildman–Crippen LogP) is 4.57. The Balaban J connectivity index is 2.37. The molecule has 0 aliphatic carbocycles. The number of aryl methyl sites for hydroxylation is 1. The molecule has 0 bridgehead atoms. The molecule has 0 fully saturated rings. The first-order valence-electron chi connectivity index (χ1n) is 5.48. The Kier molecular flexibility index (Phi) is 5.16.